The molecule has 0 aromatic heterocycles. The molecule has 0 bridgehead atoms. The average Bonchev–Trinajstić information content (AvgIpc) is 3.01. The molecular weight excluding hydrogens is 346 g/mol. The van der Waals surface area contributed by atoms with Gasteiger partial charge in [-0.05, 0) is 59.5 Å². The lowest BCUT2D eigenvalue weighted by Crippen LogP contribution is -2.47. The van der Waals surface area contributed by atoms with Gasteiger partial charge in [0, 0.05) is 36.8 Å². The summed E-state index contributed by atoms with van der Waals surface area (Å²) in [5.41, 5.74) is 12.0. The molecular formula is C21H24ClN3O. The second kappa shape index (κ2) is 6.60. The van der Waals surface area contributed by atoms with E-state index in [4.69, 9.17) is 17.5 Å². The average molecular weight is 370 g/mol. The molecule has 2 aromatic carbocycles. The smallest absolute Gasteiger partial charge is 0.255 e. The van der Waals surface area contributed by atoms with Crippen molar-refractivity contribution in [3.05, 3.63) is 64.2 Å². The second-order valence-corrected chi connectivity index (χ2v) is 7.88. The Kier molecular flexibility index (Phi) is 4.41. The minimum atomic E-state index is 0.108. The quantitative estimate of drug-likeness (QED) is 0.662. The molecule has 1 saturated heterocycles. The number of carbonyl (C=O) groups is 1. The standard InChI is InChI=1S/C21H24ClN3O/c1-3-14-8-13(2)20-17(9-14)18-11-24(22)12-19(18)25(21(20)26)10-15-4-6-16(23)7-5-15/h4-9,18-19H,3,10-12,23H2,1-2H3/t18-,19+/m1/s1. The van der Waals surface area contributed by atoms with Crippen LogP contribution in [0.15, 0.2) is 36.4 Å². The van der Waals surface area contributed by atoms with E-state index >= 15 is 0 Å². The summed E-state index contributed by atoms with van der Waals surface area (Å²) in [4.78, 5) is 15.4. The van der Waals surface area contributed by atoms with Crippen LogP contribution < -0.4 is 5.73 Å². The van der Waals surface area contributed by atoms with Crippen LogP contribution in [0.5, 0.6) is 0 Å². The van der Waals surface area contributed by atoms with Gasteiger partial charge >= 0.3 is 0 Å². The van der Waals surface area contributed by atoms with Crippen molar-refractivity contribution >= 4 is 23.4 Å². The number of halogens is 1. The molecule has 2 atom stereocenters. The molecule has 1 amide bonds. The number of hydrogen-bond donors (Lipinski definition) is 1. The number of nitrogens with two attached hydrogens (primary N) is 1. The van der Waals surface area contributed by atoms with Gasteiger partial charge in [0.2, 0.25) is 0 Å². The number of benzene rings is 2. The van der Waals surface area contributed by atoms with Crippen LogP contribution in [0, 0.1) is 6.92 Å². The van der Waals surface area contributed by atoms with Crippen LogP contribution in [0.2, 0.25) is 0 Å². The summed E-state index contributed by atoms with van der Waals surface area (Å²) in [6.45, 7) is 6.25. The van der Waals surface area contributed by atoms with Crippen molar-refractivity contribution in [2.24, 2.45) is 0 Å². The normalized spacial score (nSPS) is 22.4. The fraction of sp³-hybridized carbons (Fsp3) is 0.381. The predicted molar refractivity (Wildman–Crippen MR) is 105 cm³/mol. The molecule has 2 aliphatic rings. The Morgan fingerprint density at radius 2 is 1.88 bits per heavy atom. The van der Waals surface area contributed by atoms with Crippen molar-refractivity contribution in [2.45, 2.75) is 38.8 Å². The molecule has 0 radical (unpaired) electrons. The van der Waals surface area contributed by atoms with Crippen molar-refractivity contribution in [1.82, 2.24) is 9.32 Å². The summed E-state index contributed by atoms with van der Waals surface area (Å²) < 4.78 is 1.82. The number of carbonyl (C=O) groups excluding carboxylic acids is 1. The molecule has 0 saturated carbocycles. The molecule has 0 spiro atoms. The highest BCUT2D eigenvalue weighted by Crippen LogP contribution is 2.41. The zero-order chi connectivity index (χ0) is 18.4. The van der Waals surface area contributed by atoms with Gasteiger partial charge in [-0.25, -0.2) is 4.42 Å². The SMILES string of the molecule is CCc1cc(C)c2c(c1)[C@H]1CN(Cl)C[C@@H]1N(Cc1ccc(N)cc1)C2=O. The summed E-state index contributed by atoms with van der Waals surface area (Å²) in [5.74, 6) is 0.379. The van der Waals surface area contributed by atoms with Gasteiger partial charge in [-0.3, -0.25) is 4.79 Å². The number of anilines is 1. The molecule has 2 aromatic rings. The topological polar surface area (TPSA) is 49.6 Å². The third-order valence-corrected chi connectivity index (χ3v) is 5.96. The summed E-state index contributed by atoms with van der Waals surface area (Å²) in [6.07, 6.45) is 0.972. The molecule has 0 unspecified atom stereocenters. The monoisotopic (exact) mass is 369 g/mol. The lowest BCUT2D eigenvalue weighted by molar-refractivity contribution is 0.0626. The first-order chi connectivity index (χ1) is 12.5. The fourth-order valence-corrected chi connectivity index (χ4v) is 4.63. The fourth-order valence-electron chi connectivity index (χ4n) is 4.34. The van der Waals surface area contributed by atoms with Gasteiger partial charge in [0.25, 0.3) is 5.91 Å². The van der Waals surface area contributed by atoms with Gasteiger partial charge in [0.1, 0.15) is 0 Å². The van der Waals surface area contributed by atoms with Gasteiger partial charge in [0.15, 0.2) is 0 Å². The molecule has 5 heteroatoms. The van der Waals surface area contributed by atoms with Crippen LogP contribution in [-0.2, 0) is 13.0 Å². The van der Waals surface area contributed by atoms with E-state index in [-0.39, 0.29) is 17.9 Å². The van der Waals surface area contributed by atoms with E-state index in [1.165, 1.54) is 11.1 Å². The third-order valence-electron chi connectivity index (χ3n) is 5.69. The van der Waals surface area contributed by atoms with E-state index in [2.05, 4.69) is 19.1 Å². The molecule has 0 aliphatic carbocycles. The zero-order valence-electron chi connectivity index (χ0n) is 15.2. The van der Waals surface area contributed by atoms with Crippen molar-refractivity contribution in [3.63, 3.8) is 0 Å². The number of amides is 1. The number of aryl methyl sites for hydroxylation is 2. The highest BCUT2D eigenvalue weighted by atomic mass is 35.5. The maximum Gasteiger partial charge on any atom is 0.255 e. The van der Waals surface area contributed by atoms with Crippen LogP contribution in [0.1, 0.15) is 45.5 Å². The Balaban J connectivity index is 1.77. The summed E-state index contributed by atoms with van der Waals surface area (Å²) >= 11 is 6.38. The Bertz CT molecular complexity index is 849. The molecule has 2 N–H and O–H groups in total. The third kappa shape index (κ3) is 2.87. The van der Waals surface area contributed by atoms with E-state index in [9.17, 15) is 4.79 Å². The lowest BCUT2D eigenvalue weighted by atomic mass is 9.81. The Morgan fingerprint density at radius 1 is 1.15 bits per heavy atom. The molecule has 4 nitrogen and oxygen atoms in total. The van der Waals surface area contributed by atoms with E-state index in [0.717, 1.165) is 35.3 Å². The van der Waals surface area contributed by atoms with Gasteiger partial charge in [0.05, 0.1) is 6.04 Å². The first-order valence-corrected chi connectivity index (χ1v) is 9.51. The van der Waals surface area contributed by atoms with Crippen molar-refractivity contribution in [1.29, 1.82) is 0 Å². The van der Waals surface area contributed by atoms with Crippen molar-refractivity contribution in [2.75, 3.05) is 18.8 Å². The summed E-state index contributed by atoms with van der Waals surface area (Å²) in [6, 6.07) is 12.2. The van der Waals surface area contributed by atoms with E-state index < -0.39 is 0 Å². The van der Waals surface area contributed by atoms with Gasteiger partial charge in [-0.1, -0.05) is 31.2 Å². The number of nitrogens with zero attached hydrogens (tertiary/aromatic N) is 2. The zero-order valence-corrected chi connectivity index (χ0v) is 16.0. The molecule has 1 fully saturated rings. The van der Waals surface area contributed by atoms with E-state index in [1.807, 2.05) is 40.5 Å². The predicted octanol–water partition coefficient (Wildman–Crippen LogP) is 3.72. The van der Waals surface area contributed by atoms with Crippen LogP contribution in [0.4, 0.5) is 5.69 Å². The van der Waals surface area contributed by atoms with Gasteiger partial charge in [-0.15, -0.1) is 0 Å². The summed E-state index contributed by atoms with van der Waals surface area (Å²) in [7, 11) is 0. The Morgan fingerprint density at radius 3 is 2.58 bits per heavy atom. The maximum absolute atomic E-state index is 13.4. The molecule has 4 rings (SSSR count). The first-order valence-electron chi connectivity index (χ1n) is 9.17. The van der Waals surface area contributed by atoms with Crippen LogP contribution in [-0.4, -0.2) is 34.4 Å². The summed E-state index contributed by atoms with van der Waals surface area (Å²) in [5, 5.41) is 0. The number of hydrogen-bond acceptors (Lipinski definition) is 3. The van der Waals surface area contributed by atoms with Crippen LogP contribution in [0.25, 0.3) is 0 Å². The van der Waals surface area contributed by atoms with E-state index in [1.54, 1.807) is 0 Å². The van der Waals surface area contributed by atoms with Crippen LogP contribution in [0.3, 0.4) is 0 Å². The van der Waals surface area contributed by atoms with Gasteiger partial charge < -0.3 is 10.6 Å². The number of fused-ring (bicyclic) bond motifs is 3. The minimum absolute atomic E-state index is 0.108. The molecule has 136 valence electrons. The molecule has 2 aliphatic heterocycles. The second-order valence-electron chi connectivity index (χ2n) is 7.41. The lowest BCUT2D eigenvalue weighted by Gasteiger charge is -2.39. The van der Waals surface area contributed by atoms with Gasteiger partial charge in [-0.2, -0.15) is 0 Å². The highest BCUT2D eigenvalue weighted by Gasteiger charge is 2.45. The van der Waals surface area contributed by atoms with Crippen molar-refractivity contribution < 1.29 is 4.79 Å². The maximum atomic E-state index is 13.4. The van der Waals surface area contributed by atoms with Crippen LogP contribution >= 0.6 is 11.8 Å². The largest absolute Gasteiger partial charge is 0.399 e. The molecule has 2 heterocycles. The van der Waals surface area contributed by atoms with E-state index in [0.29, 0.717) is 13.1 Å². The number of rotatable bonds is 3. The number of nitrogen functional groups attached to an aromatic ring is 1. The first kappa shape index (κ1) is 17.4. The molecule has 26 heavy (non-hydrogen) atoms. The highest BCUT2D eigenvalue weighted by molar-refractivity contribution is 6.13. The Hall–Kier alpha value is -2.04. The van der Waals surface area contributed by atoms with Crippen molar-refractivity contribution in [3.8, 4) is 0 Å². The Labute approximate surface area is 159 Å². The minimum Gasteiger partial charge on any atom is -0.399 e.